The van der Waals surface area contributed by atoms with Crippen molar-refractivity contribution in [2.24, 2.45) is 10.7 Å². The Morgan fingerprint density at radius 3 is 2.20 bits per heavy atom. The Morgan fingerprint density at radius 1 is 1.00 bits per heavy atom. The largest absolute Gasteiger partial charge is 0.497 e. The first-order valence-electron chi connectivity index (χ1n) is 12.2. The third-order valence-corrected chi connectivity index (χ3v) is 6.50. The van der Waals surface area contributed by atoms with Crippen LogP contribution >= 0.6 is 0 Å². The van der Waals surface area contributed by atoms with Crippen molar-refractivity contribution in [2.75, 3.05) is 20.4 Å². The van der Waals surface area contributed by atoms with Crippen molar-refractivity contribution >= 4 is 22.9 Å². The van der Waals surface area contributed by atoms with Gasteiger partial charge in [0.1, 0.15) is 28.6 Å². The molecule has 2 atom stereocenters. The zero-order valence-electron chi connectivity index (χ0n) is 22.6. The summed E-state index contributed by atoms with van der Waals surface area (Å²) in [4.78, 5) is 18.8. The van der Waals surface area contributed by atoms with E-state index in [2.05, 4.69) is 9.73 Å². The fourth-order valence-electron chi connectivity index (χ4n) is 4.22. The molecule has 2 unspecified atom stereocenters. The molecule has 1 heterocycles. The first-order chi connectivity index (χ1) is 19.0. The third kappa shape index (κ3) is 6.56. The molecule has 12 heteroatoms. The van der Waals surface area contributed by atoms with Crippen molar-refractivity contribution < 1.29 is 35.8 Å². The van der Waals surface area contributed by atoms with Gasteiger partial charge in [-0.1, -0.05) is 32.0 Å². The molecule has 214 valence electrons. The molecule has 8 nitrogen and oxygen atoms in total. The Labute approximate surface area is 233 Å². The number of rotatable bonds is 8. The monoisotopic (exact) mass is 577 g/mol. The molecular formula is C28H30F3N3O5S. The zero-order valence-corrected chi connectivity index (χ0v) is 23.4. The van der Waals surface area contributed by atoms with E-state index in [1.807, 2.05) is 13.8 Å². The summed E-state index contributed by atoms with van der Waals surface area (Å²) in [5.41, 5.74) is 6.07. The van der Waals surface area contributed by atoms with Crippen molar-refractivity contribution in [1.29, 1.82) is 0 Å². The lowest BCUT2D eigenvalue weighted by Gasteiger charge is -2.37. The fourth-order valence-corrected chi connectivity index (χ4v) is 4.59. The molecule has 0 radical (unpaired) electrons. The molecule has 3 aromatic carbocycles. The number of hydrogen-bond donors (Lipinski definition) is 1. The molecule has 4 rings (SSSR count). The molecule has 1 aliphatic rings. The van der Waals surface area contributed by atoms with Crippen LogP contribution in [0.25, 0.3) is 11.1 Å². The summed E-state index contributed by atoms with van der Waals surface area (Å²) in [6, 6.07) is 14.5. The number of amides is 1. The fraction of sp³-hybridized carbons (Fsp3) is 0.286. The summed E-state index contributed by atoms with van der Waals surface area (Å²) in [6.07, 6.45) is 1.19. The van der Waals surface area contributed by atoms with Crippen molar-refractivity contribution in [1.82, 2.24) is 4.90 Å². The first kappa shape index (κ1) is 30.5. The molecule has 0 aliphatic carbocycles. The SMILES string of the molecule is CC.COc1cc(OS(C)=O)cc(-c2cc(C3(c4ccc(OC(F)F)cc4)CC(=O)N(C)C(N)=N3)ccc2F)c1. The van der Waals surface area contributed by atoms with Crippen LogP contribution in [0.15, 0.2) is 65.7 Å². The van der Waals surface area contributed by atoms with Gasteiger partial charge in [0.25, 0.3) is 0 Å². The van der Waals surface area contributed by atoms with Crippen LogP contribution in [0, 0.1) is 5.82 Å². The van der Waals surface area contributed by atoms with Crippen LogP contribution in [-0.2, 0) is 21.4 Å². The number of aliphatic imine (C=N–C) groups is 1. The standard InChI is InChI=1S/C26H24F3N3O5S.C2H6/c1-32-23(33)14-26(31-25(32)30,16-4-7-18(8-5-16)36-24(28)29)17-6-9-22(27)21(12-17)15-10-19(35-2)13-20(11-15)37-38(3)34;1-2/h4-13,24H,14H2,1-3H3,(H2,30,31);1-2H3. The Morgan fingerprint density at radius 2 is 1.62 bits per heavy atom. The maximum Gasteiger partial charge on any atom is 0.387 e. The predicted octanol–water partition coefficient (Wildman–Crippen LogP) is 5.22. The summed E-state index contributed by atoms with van der Waals surface area (Å²) in [6.45, 7) is 0.995. The first-order valence-corrected chi connectivity index (χ1v) is 13.7. The number of guanidine groups is 1. The summed E-state index contributed by atoms with van der Waals surface area (Å²) >= 11 is -1.63. The number of carbonyl (C=O) groups is 1. The number of halogens is 3. The van der Waals surface area contributed by atoms with E-state index < -0.39 is 29.0 Å². The van der Waals surface area contributed by atoms with Gasteiger partial charge in [-0.15, -0.1) is 0 Å². The Balaban J connectivity index is 0.00000216. The minimum absolute atomic E-state index is 0.0671. The van der Waals surface area contributed by atoms with E-state index in [-0.39, 0.29) is 35.4 Å². The Bertz CT molecular complexity index is 1420. The number of benzene rings is 3. The second kappa shape index (κ2) is 12.9. The van der Waals surface area contributed by atoms with E-state index in [0.29, 0.717) is 22.4 Å². The smallest absolute Gasteiger partial charge is 0.387 e. The maximum absolute atomic E-state index is 15.2. The Hall–Kier alpha value is -4.06. The molecule has 0 saturated carbocycles. The van der Waals surface area contributed by atoms with Gasteiger partial charge in [0.15, 0.2) is 5.96 Å². The molecule has 0 spiro atoms. The number of nitrogens with zero attached hydrogens (tertiary/aromatic N) is 2. The molecule has 1 aliphatic heterocycles. The van der Waals surface area contributed by atoms with Gasteiger partial charge < -0.3 is 19.4 Å². The van der Waals surface area contributed by atoms with Crippen LogP contribution in [0.3, 0.4) is 0 Å². The summed E-state index contributed by atoms with van der Waals surface area (Å²) in [5.74, 6) is -0.536. The summed E-state index contributed by atoms with van der Waals surface area (Å²) in [5, 5.41) is 0. The highest BCUT2D eigenvalue weighted by Crippen LogP contribution is 2.43. The van der Waals surface area contributed by atoms with Crippen molar-refractivity contribution in [3.8, 4) is 28.4 Å². The number of nitrogens with two attached hydrogens (primary N) is 1. The highest BCUT2D eigenvalue weighted by molar-refractivity contribution is 7.79. The van der Waals surface area contributed by atoms with Crippen LogP contribution in [0.1, 0.15) is 31.4 Å². The van der Waals surface area contributed by atoms with Crippen LogP contribution in [0.5, 0.6) is 17.2 Å². The Kier molecular flexibility index (Phi) is 9.80. The molecule has 40 heavy (non-hydrogen) atoms. The van der Waals surface area contributed by atoms with Gasteiger partial charge in [-0.3, -0.25) is 9.69 Å². The van der Waals surface area contributed by atoms with Crippen LogP contribution in [-0.4, -0.2) is 48.0 Å². The van der Waals surface area contributed by atoms with Gasteiger partial charge >= 0.3 is 6.61 Å². The van der Waals surface area contributed by atoms with Crippen LogP contribution in [0.2, 0.25) is 0 Å². The van der Waals surface area contributed by atoms with Crippen LogP contribution in [0.4, 0.5) is 13.2 Å². The number of hydrogen-bond acceptors (Lipinski definition) is 7. The van der Waals surface area contributed by atoms with Gasteiger partial charge in [0.2, 0.25) is 17.0 Å². The van der Waals surface area contributed by atoms with Gasteiger partial charge in [0.05, 0.1) is 13.5 Å². The van der Waals surface area contributed by atoms with Crippen molar-refractivity contribution in [3.63, 3.8) is 0 Å². The molecule has 0 aromatic heterocycles. The quantitative estimate of drug-likeness (QED) is 0.394. The second-order valence-electron chi connectivity index (χ2n) is 8.44. The minimum atomic E-state index is -3.00. The number of alkyl halides is 2. The average molecular weight is 578 g/mol. The summed E-state index contributed by atoms with van der Waals surface area (Å²) in [7, 11) is 2.91. The van der Waals surface area contributed by atoms with E-state index in [4.69, 9.17) is 14.7 Å². The molecular weight excluding hydrogens is 547 g/mol. The van der Waals surface area contributed by atoms with Gasteiger partial charge in [0, 0.05) is 24.9 Å². The average Bonchev–Trinajstić information content (AvgIpc) is 2.92. The lowest BCUT2D eigenvalue weighted by atomic mass is 9.78. The molecule has 0 saturated heterocycles. The van der Waals surface area contributed by atoms with E-state index in [1.165, 1.54) is 79.9 Å². The maximum atomic E-state index is 15.2. The highest BCUT2D eigenvalue weighted by Gasteiger charge is 2.42. The molecule has 0 fully saturated rings. The van der Waals surface area contributed by atoms with Crippen molar-refractivity contribution in [2.45, 2.75) is 32.4 Å². The normalized spacial score (nSPS) is 17.5. The van der Waals surface area contributed by atoms with Gasteiger partial charge in [-0.2, -0.15) is 8.78 Å². The van der Waals surface area contributed by atoms with E-state index >= 15 is 4.39 Å². The van der Waals surface area contributed by atoms with Crippen molar-refractivity contribution in [3.05, 3.63) is 77.6 Å². The second-order valence-corrected chi connectivity index (χ2v) is 9.41. The molecule has 1 amide bonds. The number of ether oxygens (including phenoxy) is 2. The van der Waals surface area contributed by atoms with E-state index in [9.17, 15) is 17.8 Å². The highest BCUT2D eigenvalue weighted by atomic mass is 32.2. The number of carbonyl (C=O) groups excluding carboxylic acids is 1. The van der Waals surface area contributed by atoms with Gasteiger partial charge in [-0.25, -0.2) is 13.6 Å². The molecule has 3 aromatic rings. The lowest BCUT2D eigenvalue weighted by molar-refractivity contribution is -0.128. The predicted molar refractivity (Wildman–Crippen MR) is 147 cm³/mol. The van der Waals surface area contributed by atoms with E-state index in [0.717, 1.165) is 0 Å². The minimum Gasteiger partial charge on any atom is -0.497 e. The van der Waals surface area contributed by atoms with Crippen LogP contribution < -0.4 is 19.4 Å². The lowest BCUT2D eigenvalue weighted by Crippen LogP contribution is -2.49. The number of methoxy groups -OCH3 is 1. The van der Waals surface area contributed by atoms with E-state index in [1.54, 1.807) is 6.07 Å². The summed E-state index contributed by atoms with van der Waals surface area (Å²) < 4.78 is 67.2. The van der Waals surface area contributed by atoms with Gasteiger partial charge in [-0.05, 0) is 53.1 Å². The molecule has 2 N–H and O–H groups in total. The third-order valence-electron chi connectivity index (χ3n) is 6.07. The molecule has 0 bridgehead atoms. The topological polar surface area (TPSA) is 103 Å². The zero-order chi connectivity index (χ0) is 29.6.